The van der Waals surface area contributed by atoms with Crippen LogP contribution in [0.15, 0.2) is 96.1 Å². The maximum atomic E-state index is 14.2. The Morgan fingerprint density at radius 3 is 2.34 bits per heavy atom. The number of methoxy groups -OCH3 is 1. The molecule has 7 heteroatoms. The van der Waals surface area contributed by atoms with Crippen molar-refractivity contribution >= 4 is 40.3 Å². The van der Waals surface area contributed by atoms with Gasteiger partial charge in [0.2, 0.25) is 11.8 Å². The van der Waals surface area contributed by atoms with E-state index in [1.165, 1.54) is 4.90 Å². The van der Waals surface area contributed by atoms with Gasteiger partial charge in [0.05, 0.1) is 36.9 Å². The smallest absolute Gasteiger partial charge is 0.240 e. The van der Waals surface area contributed by atoms with Crippen LogP contribution < -0.4 is 9.64 Å². The van der Waals surface area contributed by atoms with E-state index in [9.17, 15) is 14.4 Å². The zero-order valence-electron chi connectivity index (χ0n) is 20.5. The summed E-state index contributed by atoms with van der Waals surface area (Å²) in [6.45, 7) is 0. The lowest BCUT2D eigenvalue weighted by Gasteiger charge is -2.34. The third kappa shape index (κ3) is 3.08. The molecule has 7 nitrogen and oxygen atoms in total. The van der Waals surface area contributed by atoms with Crippen LogP contribution in [0, 0.1) is 11.8 Å². The van der Waals surface area contributed by atoms with E-state index in [-0.39, 0.29) is 17.6 Å². The van der Waals surface area contributed by atoms with Crippen molar-refractivity contribution < 1.29 is 19.1 Å². The third-order valence-corrected chi connectivity index (χ3v) is 7.94. The molecule has 2 saturated heterocycles. The lowest BCUT2D eigenvalue weighted by Crippen LogP contribution is -2.44. The summed E-state index contributed by atoms with van der Waals surface area (Å²) in [6, 6.07) is 26.4. The Bertz CT molecular complexity index is 1660. The molecule has 0 unspecified atom stereocenters. The number of Topliss-reactive ketones (excluding diaryl/α,β-unsaturated/α-hetero) is 1. The lowest BCUT2D eigenvalue weighted by molar-refractivity contribution is -0.124. The highest BCUT2D eigenvalue weighted by atomic mass is 16.5. The van der Waals surface area contributed by atoms with E-state index in [1.54, 1.807) is 48.7 Å². The van der Waals surface area contributed by atoms with Gasteiger partial charge in [-0.1, -0.05) is 60.7 Å². The maximum Gasteiger partial charge on any atom is 0.240 e. The van der Waals surface area contributed by atoms with Crippen molar-refractivity contribution in [1.82, 2.24) is 5.01 Å². The number of rotatable bonds is 4. The van der Waals surface area contributed by atoms with Crippen LogP contribution in [0.1, 0.15) is 27.5 Å². The number of nitrogens with zero attached hydrogens (tertiary/aromatic N) is 3. The number of carbonyl (C=O) groups excluding carboxylic acids is 3. The minimum Gasteiger partial charge on any atom is -0.497 e. The van der Waals surface area contributed by atoms with E-state index in [0.717, 1.165) is 21.9 Å². The Labute approximate surface area is 218 Å². The molecule has 0 saturated carbocycles. The van der Waals surface area contributed by atoms with Crippen LogP contribution >= 0.6 is 0 Å². The van der Waals surface area contributed by atoms with Crippen LogP contribution in [0.5, 0.6) is 5.75 Å². The topological polar surface area (TPSA) is 79.3 Å². The van der Waals surface area contributed by atoms with Crippen LogP contribution in [0.3, 0.4) is 0 Å². The Morgan fingerprint density at radius 2 is 1.53 bits per heavy atom. The lowest BCUT2D eigenvalue weighted by atomic mass is 9.83. The second kappa shape index (κ2) is 8.38. The molecule has 186 valence electrons. The summed E-state index contributed by atoms with van der Waals surface area (Å²) in [5.41, 5.74) is 2.76. The summed E-state index contributed by atoms with van der Waals surface area (Å²) < 4.78 is 5.25. The minimum atomic E-state index is -0.917. The Hall–Kier alpha value is -4.78. The monoisotopic (exact) mass is 501 g/mol. The Kier molecular flexibility index (Phi) is 4.94. The van der Waals surface area contributed by atoms with Crippen molar-refractivity contribution in [2.75, 3.05) is 12.0 Å². The highest BCUT2D eigenvalue weighted by Gasteiger charge is 2.65. The molecule has 4 atom stereocenters. The van der Waals surface area contributed by atoms with Gasteiger partial charge in [-0.05, 0) is 46.8 Å². The first-order valence-corrected chi connectivity index (χ1v) is 12.5. The fourth-order valence-corrected chi connectivity index (χ4v) is 6.24. The highest BCUT2D eigenvalue weighted by molar-refractivity contribution is 6.27. The van der Waals surface area contributed by atoms with Gasteiger partial charge >= 0.3 is 0 Å². The molecule has 0 radical (unpaired) electrons. The molecule has 0 aromatic heterocycles. The zero-order chi connectivity index (χ0) is 26.0. The molecule has 0 aliphatic carbocycles. The van der Waals surface area contributed by atoms with Gasteiger partial charge in [-0.2, -0.15) is 5.10 Å². The van der Waals surface area contributed by atoms with E-state index in [2.05, 4.69) is 5.10 Å². The van der Waals surface area contributed by atoms with Crippen LogP contribution in [-0.4, -0.2) is 42.0 Å². The normalized spacial score (nSPS) is 23.4. The second-order valence-electron chi connectivity index (χ2n) is 9.80. The van der Waals surface area contributed by atoms with Crippen LogP contribution in [0.2, 0.25) is 0 Å². The highest BCUT2D eigenvalue weighted by Crippen LogP contribution is 2.53. The number of hydrogen-bond donors (Lipinski definition) is 0. The summed E-state index contributed by atoms with van der Waals surface area (Å²) >= 11 is 0. The molecule has 2 fully saturated rings. The molecule has 4 aromatic carbocycles. The standard InChI is InChI=1S/C31H23N3O4/c1-38-21-15-13-19(14-16-21)29(35)28-26-25(27-23-11-5-3-8-20(23)17-32-34(27)28)30(36)33(31(26)37)24-12-6-9-18-7-2-4-10-22(18)24/h2-17,25-28H,1H3/t25-,26+,27-,28-/m1/s1. The Balaban J connectivity index is 1.38. The Morgan fingerprint density at radius 1 is 0.816 bits per heavy atom. The van der Waals surface area contributed by atoms with Crippen molar-refractivity contribution in [3.05, 3.63) is 108 Å². The maximum absolute atomic E-state index is 14.2. The molecule has 3 aliphatic heterocycles. The largest absolute Gasteiger partial charge is 0.497 e. The summed E-state index contributed by atoms with van der Waals surface area (Å²) in [6.07, 6.45) is 1.71. The van der Waals surface area contributed by atoms with Crippen molar-refractivity contribution in [1.29, 1.82) is 0 Å². The molecule has 2 amide bonds. The molecule has 0 bridgehead atoms. The summed E-state index contributed by atoms with van der Waals surface area (Å²) in [5.74, 6) is -1.91. The fraction of sp³-hybridized carbons (Fsp3) is 0.161. The molecule has 3 aliphatic rings. The van der Waals surface area contributed by atoms with Crippen molar-refractivity contribution in [2.24, 2.45) is 16.9 Å². The number of carbonyl (C=O) groups is 3. The van der Waals surface area contributed by atoms with Crippen LogP contribution in [0.4, 0.5) is 5.69 Å². The SMILES string of the molecule is COc1ccc(C(=O)[C@H]2[C@H]3C(=O)N(c4cccc5ccccc45)C(=O)[C@H]3[C@H]3c4ccccc4C=NN32)cc1. The first kappa shape index (κ1) is 22.4. The van der Waals surface area contributed by atoms with Crippen molar-refractivity contribution in [3.63, 3.8) is 0 Å². The number of imide groups is 1. The second-order valence-corrected chi connectivity index (χ2v) is 9.80. The van der Waals surface area contributed by atoms with Crippen molar-refractivity contribution in [3.8, 4) is 5.75 Å². The average Bonchev–Trinajstić information content (AvgIpc) is 3.44. The van der Waals surface area contributed by atoms with Gasteiger partial charge in [0.1, 0.15) is 11.8 Å². The number of fused-ring (bicyclic) bond motifs is 6. The van der Waals surface area contributed by atoms with Gasteiger partial charge in [-0.25, -0.2) is 4.90 Å². The minimum absolute atomic E-state index is 0.248. The molecule has 4 aromatic rings. The predicted octanol–water partition coefficient (Wildman–Crippen LogP) is 4.61. The quantitative estimate of drug-likeness (QED) is 0.301. The van der Waals surface area contributed by atoms with E-state index in [0.29, 0.717) is 17.0 Å². The molecule has 0 N–H and O–H groups in total. The molecule has 3 heterocycles. The third-order valence-electron chi connectivity index (χ3n) is 7.94. The van der Waals surface area contributed by atoms with Gasteiger partial charge in [0, 0.05) is 10.9 Å². The summed E-state index contributed by atoms with van der Waals surface area (Å²) in [4.78, 5) is 43.7. The summed E-state index contributed by atoms with van der Waals surface area (Å²) in [5, 5.41) is 8.06. The zero-order valence-corrected chi connectivity index (χ0v) is 20.5. The number of anilines is 1. The molecule has 38 heavy (non-hydrogen) atoms. The van der Waals surface area contributed by atoms with E-state index in [4.69, 9.17) is 4.74 Å². The number of ketones is 1. The number of benzene rings is 4. The predicted molar refractivity (Wildman–Crippen MR) is 143 cm³/mol. The van der Waals surface area contributed by atoms with E-state index < -0.39 is 23.9 Å². The molecule has 7 rings (SSSR count). The number of hydrazone groups is 1. The first-order valence-electron chi connectivity index (χ1n) is 12.5. The number of ether oxygens (including phenoxy) is 1. The number of amides is 2. The van der Waals surface area contributed by atoms with Gasteiger partial charge in [0.15, 0.2) is 5.78 Å². The van der Waals surface area contributed by atoms with Crippen LogP contribution in [0.25, 0.3) is 10.8 Å². The number of hydrogen-bond acceptors (Lipinski definition) is 6. The van der Waals surface area contributed by atoms with E-state index in [1.807, 2.05) is 60.7 Å². The van der Waals surface area contributed by atoms with Gasteiger partial charge in [-0.15, -0.1) is 0 Å². The summed E-state index contributed by atoms with van der Waals surface area (Å²) in [7, 11) is 1.56. The molecule has 0 spiro atoms. The molecular weight excluding hydrogens is 478 g/mol. The average molecular weight is 502 g/mol. The van der Waals surface area contributed by atoms with Gasteiger partial charge in [-0.3, -0.25) is 19.4 Å². The molecular formula is C31H23N3O4. The van der Waals surface area contributed by atoms with Crippen LogP contribution in [-0.2, 0) is 9.59 Å². The van der Waals surface area contributed by atoms with Gasteiger partial charge < -0.3 is 4.74 Å². The van der Waals surface area contributed by atoms with Gasteiger partial charge in [0.25, 0.3) is 0 Å². The first-order chi connectivity index (χ1) is 18.6. The fourth-order valence-electron chi connectivity index (χ4n) is 6.24. The van der Waals surface area contributed by atoms with E-state index >= 15 is 0 Å². The van der Waals surface area contributed by atoms with Crippen molar-refractivity contribution in [2.45, 2.75) is 12.1 Å².